The summed E-state index contributed by atoms with van der Waals surface area (Å²) in [6.07, 6.45) is 4.66. The van der Waals surface area contributed by atoms with Crippen molar-refractivity contribution in [2.75, 3.05) is 27.2 Å². The number of likely N-dealkylation sites (tertiary alicyclic amines) is 1. The fourth-order valence-electron chi connectivity index (χ4n) is 4.08. The van der Waals surface area contributed by atoms with Gasteiger partial charge in [-0.3, -0.25) is 4.79 Å². The minimum absolute atomic E-state index is 0.0906. The summed E-state index contributed by atoms with van der Waals surface area (Å²) in [5.74, 6) is 0.0632. The number of aromatic amines is 1. The summed E-state index contributed by atoms with van der Waals surface area (Å²) in [4.78, 5) is 23.9. The molecule has 1 aliphatic heterocycles. The van der Waals surface area contributed by atoms with Gasteiger partial charge < -0.3 is 25.3 Å². The molecule has 164 valence electrons. The van der Waals surface area contributed by atoms with Crippen molar-refractivity contribution in [3.63, 3.8) is 0 Å². The van der Waals surface area contributed by atoms with Crippen LogP contribution in [0.3, 0.4) is 0 Å². The third-order valence-electron chi connectivity index (χ3n) is 5.93. The van der Waals surface area contributed by atoms with E-state index in [1.165, 1.54) is 6.07 Å². The van der Waals surface area contributed by atoms with E-state index in [4.69, 9.17) is 10.5 Å². The maximum atomic E-state index is 14.8. The van der Waals surface area contributed by atoms with Crippen LogP contribution in [0.15, 0.2) is 36.7 Å². The van der Waals surface area contributed by atoms with E-state index < -0.39 is 11.9 Å². The number of ether oxygens (including phenoxy) is 1. The molecule has 1 aliphatic rings. The van der Waals surface area contributed by atoms with E-state index in [1.54, 1.807) is 29.3 Å². The maximum absolute atomic E-state index is 14.8. The summed E-state index contributed by atoms with van der Waals surface area (Å²) in [6, 6.07) is 6.08. The van der Waals surface area contributed by atoms with Crippen LogP contribution in [0.4, 0.5) is 4.39 Å². The molecule has 4 rings (SSSR count). The lowest BCUT2D eigenvalue weighted by Gasteiger charge is -2.23. The number of H-pyrrole nitrogens is 1. The number of pyridine rings is 1. The van der Waals surface area contributed by atoms with Crippen molar-refractivity contribution in [1.29, 1.82) is 0 Å². The monoisotopic (exact) mass is 425 g/mol. The normalized spacial score (nSPS) is 17.5. The molecule has 2 aromatic heterocycles. The van der Waals surface area contributed by atoms with Crippen LogP contribution in [-0.4, -0.2) is 64.9 Å². The Morgan fingerprint density at radius 3 is 2.90 bits per heavy atom. The number of rotatable bonds is 6. The molecule has 0 spiro atoms. The number of benzene rings is 1. The van der Waals surface area contributed by atoms with E-state index in [1.807, 2.05) is 27.2 Å². The summed E-state index contributed by atoms with van der Waals surface area (Å²) in [5, 5.41) is 0.820. The van der Waals surface area contributed by atoms with Crippen LogP contribution < -0.4 is 10.5 Å². The summed E-state index contributed by atoms with van der Waals surface area (Å²) in [6.45, 7) is 3.32. The van der Waals surface area contributed by atoms with Crippen molar-refractivity contribution in [3.05, 3.63) is 53.6 Å². The van der Waals surface area contributed by atoms with Crippen LogP contribution in [0.2, 0.25) is 0 Å². The van der Waals surface area contributed by atoms with Crippen molar-refractivity contribution >= 4 is 16.9 Å². The zero-order chi connectivity index (χ0) is 22.1. The highest BCUT2D eigenvalue weighted by Crippen LogP contribution is 2.32. The Bertz CT molecular complexity index is 1100. The highest BCUT2D eigenvalue weighted by atomic mass is 19.1. The molecule has 8 heteroatoms. The third-order valence-corrected chi connectivity index (χ3v) is 5.93. The summed E-state index contributed by atoms with van der Waals surface area (Å²) >= 11 is 0. The van der Waals surface area contributed by atoms with E-state index in [0.717, 1.165) is 17.4 Å². The quantitative estimate of drug-likeness (QED) is 0.634. The molecule has 1 saturated heterocycles. The Morgan fingerprint density at radius 1 is 1.39 bits per heavy atom. The molecule has 0 bridgehead atoms. The Labute approximate surface area is 181 Å². The number of carbonyl (C=O) groups excluding carboxylic acids is 1. The van der Waals surface area contributed by atoms with Gasteiger partial charge in [-0.25, -0.2) is 9.37 Å². The first-order chi connectivity index (χ1) is 14.8. The molecule has 2 atom stereocenters. The van der Waals surface area contributed by atoms with Crippen LogP contribution in [0.25, 0.3) is 11.0 Å². The van der Waals surface area contributed by atoms with Gasteiger partial charge in [-0.1, -0.05) is 6.07 Å². The molecule has 3 heterocycles. The molecule has 2 unspecified atom stereocenters. The molecule has 1 fully saturated rings. The molecule has 0 aliphatic carbocycles. The first-order valence-corrected chi connectivity index (χ1v) is 10.4. The number of aryl methyl sites for hydroxylation is 1. The van der Waals surface area contributed by atoms with Gasteiger partial charge >= 0.3 is 0 Å². The maximum Gasteiger partial charge on any atom is 0.239 e. The number of hydrogen-bond donors (Lipinski definition) is 2. The lowest BCUT2D eigenvalue weighted by atomic mass is 10.1. The number of hydrogen-bond acceptors (Lipinski definition) is 5. The summed E-state index contributed by atoms with van der Waals surface area (Å²) in [5.41, 5.74) is 8.48. The van der Waals surface area contributed by atoms with Gasteiger partial charge in [-0.2, -0.15) is 0 Å². The first-order valence-electron chi connectivity index (χ1n) is 10.4. The molecule has 1 amide bonds. The van der Waals surface area contributed by atoms with Crippen LogP contribution in [-0.2, 0) is 11.2 Å². The number of nitrogens with two attached hydrogens (primary N) is 1. The van der Waals surface area contributed by atoms with Gasteiger partial charge in [0.15, 0.2) is 11.6 Å². The lowest BCUT2D eigenvalue weighted by Crippen LogP contribution is -2.45. The van der Waals surface area contributed by atoms with Crippen molar-refractivity contribution in [3.8, 4) is 11.5 Å². The highest BCUT2D eigenvalue weighted by molar-refractivity contribution is 5.86. The zero-order valence-electron chi connectivity index (χ0n) is 18.1. The van der Waals surface area contributed by atoms with Gasteiger partial charge in [0.2, 0.25) is 5.91 Å². The van der Waals surface area contributed by atoms with Gasteiger partial charge in [0.05, 0.1) is 11.4 Å². The third kappa shape index (κ3) is 4.40. The predicted molar refractivity (Wildman–Crippen MR) is 118 cm³/mol. The number of halogens is 1. The van der Waals surface area contributed by atoms with E-state index in [0.29, 0.717) is 36.1 Å². The Morgan fingerprint density at radius 2 is 2.19 bits per heavy atom. The predicted octanol–water partition coefficient (Wildman–Crippen LogP) is 2.84. The fourth-order valence-corrected chi connectivity index (χ4v) is 4.08. The second-order valence-electron chi connectivity index (χ2n) is 8.37. The Balaban J connectivity index is 1.44. The molecular weight excluding hydrogens is 397 g/mol. The number of nitrogens with one attached hydrogen (secondary N) is 1. The van der Waals surface area contributed by atoms with Crippen LogP contribution in [0.1, 0.15) is 17.5 Å². The van der Waals surface area contributed by atoms with Gasteiger partial charge in [0, 0.05) is 31.5 Å². The summed E-state index contributed by atoms with van der Waals surface area (Å²) in [7, 11) is 4.03. The number of nitrogens with zero attached hydrogens (tertiary/aromatic N) is 3. The van der Waals surface area contributed by atoms with Gasteiger partial charge in [0.1, 0.15) is 11.4 Å². The number of carbonyl (C=O) groups is 1. The van der Waals surface area contributed by atoms with E-state index >= 15 is 0 Å². The number of amides is 1. The average molecular weight is 426 g/mol. The highest BCUT2D eigenvalue weighted by Gasteiger charge is 2.30. The average Bonchev–Trinajstić information content (AvgIpc) is 3.37. The van der Waals surface area contributed by atoms with Gasteiger partial charge in [0.25, 0.3) is 0 Å². The van der Waals surface area contributed by atoms with Crippen molar-refractivity contribution in [2.24, 2.45) is 5.73 Å². The zero-order valence-corrected chi connectivity index (χ0v) is 18.1. The SMILES string of the molecule is Cc1c[nH]c2nccc(Oc3ccc(CC(N)C(=O)N4CCC(N(C)C)C4)cc3F)c12. The number of fused-ring (bicyclic) bond motifs is 1. The standard InChI is InChI=1S/C23H28FN5O2/c1-14-12-27-22-21(14)20(6-8-26-22)31-19-5-4-15(10-17(19)24)11-18(25)23(30)29-9-7-16(13-29)28(2)3/h4-6,8,10,12,16,18H,7,9,11,13,25H2,1-3H3,(H,26,27). The van der Waals surface area contributed by atoms with Crippen molar-refractivity contribution < 1.29 is 13.9 Å². The molecule has 31 heavy (non-hydrogen) atoms. The van der Waals surface area contributed by atoms with Gasteiger partial charge in [-0.15, -0.1) is 0 Å². The van der Waals surface area contributed by atoms with Crippen molar-refractivity contribution in [1.82, 2.24) is 19.8 Å². The fraction of sp³-hybridized carbons (Fsp3) is 0.391. The minimum Gasteiger partial charge on any atom is -0.453 e. The van der Waals surface area contributed by atoms with Crippen LogP contribution in [0.5, 0.6) is 11.5 Å². The molecule has 3 N–H and O–H groups in total. The number of likely N-dealkylation sites (N-methyl/N-ethyl adjacent to an activating group) is 1. The second kappa shape index (κ2) is 8.64. The molecular formula is C23H28FN5O2. The summed E-state index contributed by atoms with van der Waals surface area (Å²) < 4.78 is 20.6. The topological polar surface area (TPSA) is 87.5 Å². The van der Waals surface area contributed by atoms with E-state index in [2.05, 4.69) is 14.9 Å². The van der Waals surface area contributed by atoms with E-state index in [9.17, 15) is 9.18 Å². The van der Waals surface area contributed by atoms with Crippen LogP contribution >= 0.6 is 0 Å². The van der Waals surface area contributed by atoms with Crippen molar-refractivity contribution in [2.45, 2.75) is 31.8 Å². The smallest absolute Gasteiger partial charge is 0.239 e. The minimum atomic E-state index is -0.700. The number of aromatic nitrogens is 2. The molecule has 7 nitrogen and oxygen atoms in total. The molecule has 3 aromatic rings. The van der Waals surface area contributed by atoms with E-state index in [-0.39, 0.29) is 18.1 Å². The molecule has 0 saturated carbocycles. The largest absolute Gasteiger partial charge is 0.453 e. The Hall–Kier alpha value is -2.97. The molecule has 0 radical (unpaired) electrons. The second-order valence-corrected chi connectivity index (χ2v) is 8.37. The molecule has 1 aromatic carbocycles. The Kier molecular flexibility index (Phi) is 5.93. The van der Waals surface area contributed by atoms with Crippen LogP contribution in [0, 0.1) is 12.7 Å². The van der Waals surface area contributed by atoms with Gasteiger partial charge in [-0.05, 0) is 63.2 Å². The first kappa shape index (κ1) is 21.3. The lowest BCUT2D eigenvalue weighted by molar-refractivity contribution is -0.131.